The quantitative estimate of drug-likeness (QED) is 0.487. The predicted molar refractivity (Wildman–Crippen MR) is 69.5 cm³/mol. The molecule has 0 aliphatic rings. The molecule has 2 rings (SSSR count). The maximum Gasteiger partial charge on any atom is 0.280 e. The van der Waals surface area contributed by atoms with Gasteiger partial charge in [-0.2, -0.15) is 0 Å². The number of Topliss-reactive ketones (excluding diaryl/α,β-unsaturated/α-hetero) is 1. The molecule has 0 radical (unpaired) electrons. The molecule has 21 heavy (non-hydrogen) atoms. The zero-order valence-electron chi connectivity index (χ0n) is 10.8. The maximum atomic E-state index is 13.1. The molecule has 0 N–H and O–H groups in total. The van der Waals surface area contributed by atoms with E-state index in [-0.39, 0.29) is 22.7 Å². The van der Waals surface area contributed by atoms with Crippen LogP contribution in [0.15, 0.2) is 36.4 Å². The number of nitrogens with zero attached hydrogens (tertiary/aromatic N) is 1. The van der Waals surface area contributed by atoms with Crippen LogP contribution in [0.1, 0.15) is 17.3 Å². The predicted octanol–water partition coefficient (Wildman–Crippen LogP) is 3.87. The van der Waals surface area contributed by atoms with E-state index < -0.39 is 22.3 Å². The molecule has 0 spiro atoms. The van der Waals surface area contributed by atoms with Crippen LogP contribution in [0.2, 0.25) is 0 Å². The molecule has 108 valence electrons. The zero-order chi connectivity index (χ0) is 15.6. The Labute approximate surface area is 117 Å². The van der Waals surface area contributed by atoms with Gasteiger partial charge in [-0.3, -0.25) is 14.9 Å². The molecule has 0 fully saturated rings. The average Bonchev–Trinajstić information content (AvgIpc) is 2.42. The molecule has 0 heterocycles. The van der Waals surface area contributed by atoms with Gasteiger partial charge in [0.2, 0.25) is 0 Å². The van der Waals surface area contributed by atoms with Gasteiger partial charge < -0.3 is 4.74 Å². The minimum Gasteiger partial charge on any atom is -0.457 e. The van der Waals surface area contributed by atoms with E-state index in [1.165, 1.54) is 25.1 Å². The van der Waals surface area contributed by atoms with Crippen LogP contribution in [-0.4, -0.2) is 10.7 Å². The van der Waals surface area contributed by atoms with Crippen molar-refractivity contribution in [2.45, 2.75) is 6.92 Å². The summed E-state index contributed by atoms with van der Waals surface area (Å²) in [4.78, 5) is 21.5. The van der Waals surface area contributed by atoms with Gasteiger partial charge in [0, 0.05) is 12.1 Å². The Balaban J connectivity index is 2.36. The number of rotatable bonds is 4. The van der Waals surface area contributed by atoms with E-state index in [9.17, 15) is 23.7 Å². The van der Waals surface area contributed by atoms with Gasteiger partial charge in [0.1, 0.15) is 11.5 Å². The van der Waals surface area contributed by atoms with Crippen molar-refractivity contribution in [3.8, 4) is 11.5 Å². The van der Waals surface area contributed by atoms with Crippen molar-refractivity contribution in [3.63, 3.8) is 0 Å². The second-order valence-corrected chi connectivity index (χ2v) is 4.17. The number of carbonyl (C=O) groups is 1. The highest BCUT2D eigenvalue weighted by molar-refractivity contribution is 5.98. The molecule has 0 unspecified atom stereocenters. The normalized spacial score (nSPS) is 10.2. The lowest BCUT2D eigenvalue weighted by molar-refractivity contribution is -0.385. The van der Waals surface area contributed by atoms with E-state index in [0.29, 0.717) is 0 Å². The third-order valence-electron chi connectivity index (χ3n) is 2.67. The van der Waals surface area contributed by atoms with Gasteiger partial charge >= 0.3 is 0 Å². The van der Waals surface area contributed by atoms with E-state index in [4.69, 9.17) is 4.74 Å². The third-order valence-corrected chi connectivity index (χ3v) is 2.67. The molecule has 0 aromatic heterocycles. The van der Waals surface area contributed by atoms with Crippen molar-refractivity contribution >= 4 is 11.5 Å². The number of hydrogen-bond donors (Lipinski definition) is 0. The van der Waals surface area contributed by atoms with Gasteiger partial charge in [-0.1, -0.05) is 0 Å². The zero-order valence-corrected chi connectivity index (χ0v) is 10.8. The van der Waals surface area contributed by atoms with Crippen molar-refractivity contribution in [1.29, 1.82) is 0 Å². The van der Waals surface area contributed by atoms with Crippen molar-refractivity contribution in [2.75, 3.05) is 0 Å². The number of nitro benzene ring substituents is 1. The van der Waals surface area contributed by atoms with Crippen LogP contribution >= 0.6 is 0 Å². The summed E-state index contributed by atoms with van der Waals surface area (Å²) in [6.07, 6.45) is 0. The Morgan fingerprint density at radius 3 is 2.29 bits per heavy atom. The second kappa shape index (κ2) is 5.66. The fraction of sp³-hybridized carbons (Fsp3) is 0.0714. The molecule has 0 saturated heterocycles. The fourth-order valence-corrected chi connectivity index (χ4v) is 1.70. The van der Waals surface area contributed by atoms with Crippen molar-refractivity contribution < 1.29 is 23.2 Å². The largest absolute Gasteiger partial charge is 0.457 e. The van der Waals surface area contributed by atoms with Crippen LogP contribution in [0.5, 0.6) is 11.5 Å². The summed E-state index contributed by atoms with van der Waals surface area (Å²) in [5, 5.41) is 10.8. The SMILES string of the molecule is CC(=O)c1cc(Oc2ccc(F)c(F)c2)ccc1[N+](=O)[O-]. The lowest BCUT2D eigenvalue weighted by atomic mass is 10.1. The number of ether oxygens (including phenoxy) is 1. The minimum absolute atomic E-state index is 0.0113. The summed E-state index contributed by atoms with van der Waals surface area (Å²) in [7, 11) is 0. The first-order valence-corrected chi connectivity index (χ1v) is 5.81. The molecule has 0 atom stereocenters. The summed E-state index contributed by atoms with van der Waals surface area (Å²) in [5.74, 6) is -2.48. The molecule has 0 aliphatic heterocycles. The molecular weight excluding hydrogens is 284 g/mol. The first-order chi connectivity index (χ1) is 9.88. The number of benzene rings is 2. The third kappa shape index (κ3) is 3.19. The van der Waals surface area contributed by atoms with Crippen LogP contribution in [0.3, 0.4) is 0 Å². The van der Waals surface area contributed by atoms with Gasteiger partial charge in [-0.05, 0) is 31.2 Å². The van der Waals surface area contributed by atoms with Crippen molar-refractivity contribution in [1.82, 2.24) is 0 Å². The highest BCUT2D eigenvalue weighted by atomic mass is 19.2. The lowest BCUT2D eigenvalue weighted by Crippen LogP contribution is -2.00. The monoisotopic (exact) mass is 293 g/mol. The molecule has 0 bridgehead atoms. The summed E-state index contributed by atoms with van der Waals surface area (Å²) >= 11 is 0. The van der Waals surface area contributed by atoms with Crippen molar-refractivity contribution in [2.24, 2.45) is 0 Å². The summed E-state index contributed by atoms with van der Waals surface area (Å²) in [5.41, 5.74) is -0.472. The lowest BCUT2D eigenvalue weighted by Gasteiger charge is -2.07. The van der Waals surface area contributed by atoms with Gasteiger partial charge in [0.15, 0.2) is 17.4 Å². The Hall–Kier alpha value is -2.83. The van der Waals surface area contributed by atoms with Crippen molar-refractivity contribution in [3.05, 3.63) is 63.7 Å². The Bertz CT molecular complexity index is 731. The second-order valence-electron chi connectivity index (χ2n) is 4.17. The number of halogens is 2. The van der Waals surface area contributed by atoms with E-state index in [1.54, 1.807) is 0 Å². The van der Waals surface area contributed by atoms with Gasteiger partial charge in [-0.25, -0.2) is 8.78 Å². The van der Waals surface area contributed by atoms with E-state index >= 15 is 0 Å². The van der Waals surface area contributed by atoms with Gasteiger partial charge in [0.25, 0.3) is 5.69 Å². The number of carbonyl (C=O) groups excluding carboxylic acids is 1. The molecule has 7 heteroatoms. The Morgan fingerprint density at radius 2 is 1.71 bits per heavy atom. The van der Waals surface area contributed by atoms with Crippen LogP contribution in [0, 0.1) is 21.7 Å². The molecule has 0 saturated carbocycles. The summed E-state index contributed by atoms with van der Waals surface area (Å²) < 4.78 is 31.1. The molecule has 2 aromatic carbocycles. The van der Waals surface area contributed by atoms with Crippen LogP contribution in [0.4, 0.5) is 14.5 Å². The Kier molecular flexibility index (Phi) is 3.93. The summed E-state index contributed by atoms with van der Waals surface area (Å²) in [6, 6.07) is 6.50. The van der Waals surface area contributed by atoms with Crippen LogP contribution < -0.4 is 4.74 Å². The average molecular weight is 293 g/mol. The van der Waals surface area contributed by atoms with E-state index in [2.05, 4.69) is 0 Å². The number of nitro groups is 1. The topological polar surface area (TPSA) is 69.4 Å². The highest BCUT2D eigenvalue weighted by Gasteiger charge is 2.18. The molecule has 5 nitrogen and oxygen atoms in total. The maximum absolute atomic E-state index is 13.1. The van der Waals surface area contributed by atoms with Crippen LogP contribution in [-0.2, 0) is 0 Å². The highest BCUT2D eigenvalue weighted by Crippen LogP contribution is 2.28. The molecule has 0 amide bonds. The first-order valence-electron chi connectivity index (χ1n) is 5.81. The smallest absolute Gasteiger partial charge is 0.280 e. The van der Waals surface area contributed by atoms with Crippen LogP contribution in [0.25, 0.3) is 0 Å². The van der Waals surface area contributed by atoms with E-state index in [1.807, 2.05) is 0 Å². The van der Waals surface area contributed by atoms with Gasteiger partial charge in [0.05, 0.1) is 10.5 Å². The fourth-order valence-electron chi connectivity index (χ4n) is 1.70. The number of ketones is 1. The standard InChI is InChI=1S/C14H9F2NO4/c1-8(18)11-6-9(3-5-14(11)17(19)20)21-10-2-4-12(15)13(16)7-10/h2-7H,1H3. The van der Waals surface area contributed by atoms with Gasteiger partial charge in [-0.15, -0.1) is 0 Å². The first kappa shape index (κ1) is 14.6. The summed E-state index contributed by atoms with van der Waals surface area (Å²) in [6.45, 7) is 1.18. The molecule has 0 aliphatic carbocycles. The Morgan fingerprint density at radius 1 is 1.10 bits per heavy atom. The molecular formula is C14H9F2NO4. The minimum atomic E-state index is -1.08. The molecule has 2 aromatic rings. The van der Waals surface area contributed by atoms with E-state index in [0.717, 1.165) is 18.2 Å². The number of hydrogen-bond acceptors (Lipinski definition) is 4.